The SMILES string of the molecule is C/C1=C/[C@@H](C)C/C=C\[C@H]2[C@@H]3O[C@]3(C)[C@@H](C)[C@H]3[C@H](Cc4c[nH]c5ccccc45)NC(=O)[C@]32C(=O)/C=C\C(=O)[C@@H]1O. The zero-order chi connectivity index (χ0) is 27.7. The maximum Gasteiger partial charge on any atom is 0.235 e. The molecule has 3 N–H and O–H groups in total. The van der Waals surface area contributed by atoms with Gasteiger partial charge in [0, 0.05) is 35.0 Å². The standard InChI is InChI=1S/C32H36N2O5/c1-17-8-7-10-22-29-31(4,39-29)19(3)27-24(15-20-16-33-23-11-6-5-9-21(20)23)34-30(38)32(22,27)26(36)13-12-25(35)28(37)18(2)14-17/h5-7,9-14,16-17,19,22,24,27-29,33,37H,8,15H2,1-4H3,(H,34,38)/b10-7-,13-12-,18-14-/t17-,19-,22-,24-,27-,28+,29-,31+,32+/m0/s1. The van der Waals surface area contributed by atoms with E-state index in [9.17, 15) is 19.5 Å². The summed E-state index contributed by atoms with van der Waals surface area (Å²) in [6.45, 7) is 7.90. The van der Waals surface area contributed by atoms with Crippen LogP contribution in [0.25, 0.3) is 10.9 Å². The summed E-state index contributed by atoms with van der Waals surface area (Å²) in [4.78, 5) is 44.5. The van der Waals surface area contributed by atoms with Crippen LogP contribution in [0.1, 0.15) is 39.7 Å². The number of hydrogen-bond acceptors (Lipinski definition) is 5. The van der Waals surface area contributed by atoms with Gasteiger partial charge in [0.25, 0.3) is 0 Å². The van der Waals surface area contributed by atoms with Gasteiger partial charge < -0.3 is 20.1 Å². The predicted molar refractivity (Wildman–Crippen MR) is 148 cm³/mol. The Morgan fingerprint density at radius 3 is 2.69 bits per heavy atom. The molecule has 9 atom stereocenters. The Balaban J connectivity index is 1.46. The molecule has 4 aliphatic rings. The number of hydrogen-bond donors (Lipinski definition) is 3. The molecule has 1 saturated carbocycles. The molecule has 2 aromatic rings. The number of ether oxygens (including phenoxy) is 1. The molecular weight excluding hydrogens is 492 g/mol. The lowest BCUT2D eigenvalue weighted by atomic mass is 9.51. The molecule has 2 aliphatic carbocycles. The topological polar surface area (TPSA) is 112 Å². The molecular formula is C32H36N2O5. The zero-order valence-corrected chi connectivity index (χ0v) is 22.8. The quantitative estimate of drug-likeness (QED) is 0.312. The van der Waals surface area contributed by atoms with Gasteiger partial charge in [0.2, 0.25) is 5.91 Å². The Kier molecular flexibility index (Phi) is 6.08. The van der Waals surface area contributed by atoms with E-state index in [1.807, 2.05) is 49.5 Å². The van der Waals surface area contributed by atoms with Gasteiger partial charge in [-0.15, -0.1) is 0 Å². The molecule has 0 radical (unpaired) electrons. The lowest BCUT2D eigenvalue weighted by Gasteiger charge is -2.45. The summed E-state index contributed by atoms with van der Waals surface area (Å²) in [7, 11) is 0. The van der Waals surface area contributed by atoms with Gasteiger partial charge >= 0.3 is 0 Å². The van der Waals surface area contributed by atoms with E-state index in [1.165, 1.54) is 6.08 Å². The van der Waals surface area contributed by atoms with Gasteiger partial charge in [-0.05, 0) is 67.9 Å². The Bertz CT molecular complexity index is 1450. The summed E-state index contributed by atoms with van der Waals surface area (Å²) < 4.78 is 6.33. The fourth-order valence-electron chi connectivity index (χ4n) is 7.66. The highest BCUT2D eigenvalue weighted by Gasteiger charge is 2.78. The van der Waals surface area contributed by atoms with Gasteiger partial charge in [0.05, 0.1) is 11.7 Å². The number of carbonyl (C=O) groups is 3. The molecule has 1 aromatic heterocycles. The highest BCUT2D eigenvalue weighted by Crippen LogP contribution is 2.66. The van der Waals surface area contributed by atoms with Crippen molar-refractivity contribution >= 4 is 28.4 Å². The number of nitrogens with one attached hydrogen (secondary N) is 2. The van der Waals surface area contributed by atoms with Crippen LogP contribution < -0.4 is 5.32 Å². The largest absolute Gasteiger partial charge is 0.381 e. The van der Waals surface area contributed by atoms with Crippen molar-refractivity contribution in [2.45, 2.75) is 64.4 Å². The number of ketones is 2. The summed E-state index contributed by atoms with van der Waals surface area (Å²) in [5.74, 6) is -2.11. The van der Waals surface area contributed by atoms with Crippen LogP contribution in [0.15, 0.2) is 66.4 Å². The van der Waals surface area contributed by atoms with Crippen molar-refractivity contribution in [3.8, 4) is 0 Å². The average Bonchev–Trinajstić information content (AvgIpc) is 3.31. The number of aromatic amines is 1. The molecule has 7 heteroatoms. The lowest BCUT2D eigenvalue weighted by molar-refractivity contribution is -0.145. The van der Waals surface area contributed by atoms with Gasteiger partial charge in [0.15, 0.2) is 11.6 Å². The monoisotopic (exact) mass is 528 g/mol. The minimum absolute atomic E-state index is 0.0666. The second kappa shape index (κ2) is 9.14. The van der Waals surface area contributed by atoms with Crippen LogP contribution in [0, 0.1) is 29.1 Å². The maximum atomic E-state index is 14.2. The Morgan fingerprint density at radius 2 is 1.90 bits per heavy atom. The van der Waals surface area contributed by atoms with Crippen molar-refractivity contribution in [2.75, 3.05) is 0 Å². The smallest absolute Gasteiger partial charge is 0.235 e. The number of aromatic nitrogens is 1. The van der Waals surface area contributed by atoms with E-state index in [0.29, 0.717) is 18.4 Å². The molecule has 7 nitrogen and oxygen atoms in total. The van der Waals surface area contributed by atoms with Crippen LogP contribution in [-0.2, 0) is 25.5 Å². The summed E-state index contributed by atoms with van der Waals surface area (Å²) in [6.07, 6.45) is 9.89. The van der Waals surface area contributed by atoms with Crippen LogP contribution >= 0.6 is 0 Å². The Morgan fingerprint density at radius 1 is 1.13 bits per heavy atom. The van der Waals surface area contributed by atoms with Crippen molar-refractivity contribution in [2.24, 2.45) is 29.1 Å². The summed E-state index contributed by atoms with van der Waals surface area (Å²) in [6, 6.07) is 7.77. The van der Waals surface area contributed by atoms with Gasteiger partial charge in [-0.3, -0.25) is 14.4 Å². The molecule has 2 saturated heterocycles. The molecule has 0 unspecified atom stereocenters. The number of benzene rings is 1. The van der Waals surface area contributed by atoms with Gasteiger partial charge in [-0.2, -0.15) is 0 Å². The molecule has 1 aromatic carbocycles. The normalized spacial score (nSPS) is 43.1. The Hall–Kier alpha value is -3.29. The first-order valence-corrected chi connectivity index (χ1v) is 13.9. The van der Waals surface area contributed by atoms with Crippen molar-refractivity contribution in [1.82, 2.24) is 10.3 Å². The van der Waals surface area contributed by atoms with Crippen molar-refractivity contribution < 1.29 is 24.2 Å². The number of aliphatic hydroxyl groups excluding tert-OH is 1. The second-order valence-corrected chi connectivity index (χ2v) is 12.1. The molecule has 0 bridgehead atoms. The fourth-order valence-corrected chi connectivity index (χ4v) is 7.66. The molecule has 1 spiro atoms. The first-order valence-electron chi connectivity index (χ1n) is 13.9. The number of H-pyrrole nitrogens is 1. The van der Waals surface area contributed by atoms with E-state index in [-0.39, 0.29) is 35.8 Å². The molecule has 39 heavy (non-hydrogen) atoms. The number of carbonyl (C=O) groups excluding carboxylic acids is 3. The Labute approximate surface area is 228 Å². The predicted octanol–water partition coefficient (Wildman–Crippen LogP) is 3.83. The third kappa shape index (κ3) is 3.81. The highest BCUT2D eigenvalue weighted by molar-refractivity contribution is 6.15. The van der Waals surface area contributed by atoms with Gasteiger partial charge in [-0.1, -0.05) is 50.3 Å². The van der Waals surface area contributed by atoms with Crippen LogP contribution in [0.2, 0.25) is 0 Å². The number of amides is 1. The third-order valence-electron chi connectivity index (χ3n) is 9.86. The van der Waals surface area contributed by atoms with Gasteiger partial charge in [0.1, 0.15) is 11.5 Å². The fraction of sp³-hybridized carbons (Fsp3) is 0.469. The van der Waals surface area contributed by atoms with E-state index >= 15 is 0 Å². The summed E-state index contributed by atoms with van der Waals surface area (Å²) in [5, 5.41) is 14.9. The minimum Gasteiger partial charge on any atom is -0.381 e. The molecule has 2 aliphatic heterocycles. The molecule has 6 rings (SSSR count). The van der Waals surface area contributed by atoms with E-state index in [0.717, 1.165) is 22.5 Å². The first kappa shape index (κ1) is 26.0. The molecule has 3 fully saturated rings. The highest BCUT2D eigenvalue weighted by atomic mass is 16.6. The van der Waals surface area contributed by atoms with Crippen molar-refractivity contribution in [3.05, 3.63) is 72.0 Å². The zero-order valence-electron chi connectivity index (χ0n) is 22.8. The molecule has 204 valence electrons. The van der Waals surface area contributed by atoms with Crippen molar-refractivity contribution in [3.63, 3.8) is 0 Å². The second-order valence-electron chi connectivity index (χ2n) is 12.1. The molecule has 1 amide bonds. The lowest BCUT2D eigenvalue weighted by Crippen LogP contribution is -2.58. The first-order chi connectivity index (χ1) is 18.6. The summed E-state index contributed by atoms with van der Waals surface area (Å²) >= 11 is 0. The number of rotatable bonds is 2. The molecule has 3 heterocycles. The van der Waals surface area contributed by atoms with Crippen LogP contribution in [0.3, 0.4) is 0 Å². The number of fused-ring (bicyclic) bond motifs is 3. The van der Waals surface area contributed by atoms with Crippen LogP contribution in [0.4, 0.5) is 0 Å². The van der Waals surface area contributed by atoms with Gasteiger partial charge in [-0.25, -0.2) is 0 Å². The van der Waals surface area contributed by atoms with E-state index in [4.69, 9.17) is 4.74 Å². The summed E-state index contributed by atoms with van der Waals surface area (Å²) in [5.41, 5.74) is 0.805. The van der Waals surface area contributed by atoms with Crippen LogP contribution in [-0.4, -0.2) is 51.4 Å². The van der Waals surface area contributed by atoms with Crippen LogP contribution in [0.5, 0.6) is 0 Å². The number of allylic oxidation sites excluding steroid dienone is 3. The third-order valence-corrected chi connectivity index (χ3v) is 9.86. The van der Waals surface area contributed by atoms with E-state index in [1.54, 1.807) is 6.92 Å². The van der Waals surface area contributed by atoms with Crippen molar-refractivity contribution in [1.29, 1.82) is 0 Å². The number of para-hydroxylation sites is 1. The number of aliphatic hydroxyl groups is 1. The number of epoxide rings is 1. The van der Waals surface area contributed by atoms with E-state index in [2.05, 4.69) is 30.2 Å². The minimum atomic E-state index is -1.41. The maximum absolute atomic E-state index is 14.2. The van der Waals surface area contributed by atoms with E-state index < -0.39 is 34.6 Å². The average molecular weight is 529 g/mol.